The summed E-state index contributed by atoms with van der Waals surface area (Å²) in [5, 5.41) is 3.31. The lowest BCUT2D eigenvalue weighted by Gasteiger charge is -2.23. The van der Waals surface area contributed by atoms with Crippen LogP contribution in [0, 0.1) is 5.92 Å². The lowest BCUT2D eigenvalue weighted by molar-refractivity contribution is 0.0934. The molecule has 3 unspecified atom stereocenters. The highest BCUT2D eigenvalue weighted by atomic mass is 79.9. The van der Waals surface area contributed by atoms with Crippen molar-refractivity contribution in [2.24, 2.45) is 5.92 Å². The number of furan rings is 1. The van der Waals surface area contributed by atoms with Crippen molar-refractivity contribution in [3.63, 3.8) is 0 Å². The van der Waals surface area contributed by atoms with Crippen molar-refractivity contribution in [3.8, 4) is 0 Å². The quantitative estimate of drug-likeness (QED) is 0.920. The topological polar surface area (TPSA) is 34.4 Å². The minimum atomic E-state index is 0.229. The van der Waals surface area contributed by atoms with Crippen LogP contribution in [0.3, 0.4) is 0 Å². The zero-order chi connectivity index (χ0) is 10.8. The molecule has 0 spiro atoms. The van der Waals surface area contributed by atoms with E-state index in [1.807, 2.05) is 13.1 Å². The Hall–Kier alpha value is -0.320. The second-order valence-corrected chi connectivity index (χ2v) is 4.78. The molecule has 1 aromatic heterocycles. The highest BCUT2D eigenvalue weighted by Crippen LogP contribution is 2.36. The maximum Gasteiger partial charge on any atom is 0.135 e. The van der Waals surface area contributed by atoms with E-state index in [9.17, 15) is 0 Å². The SMILES string of the molecule is CNC(c1occc1Br)C1CCOC1C. The van der Waals surface area contributed by atoms with E-state index in [1.54, 1.807) is 6.26 Å². The van der Waals surface area contributed by atoms with Crippen LogP contribution in [0.15, 0.2) is 21.2 Å². The van der Waals surface area contributed by atoms with Gasteiger partial charge < -0.3 is 14.5 Å². The van der Waals surface area contributed by atoms with Crippen molar-refractivity contribution in [1.29, 1.82) is 0 Å². The van der Waals surface area contributed by atoms with Crippen molar-refractivity contribution in [2.45, 2.75) is 25.5 Å². The van der Waals surface area contributed by atoms with Gasteiger partial charge in [-0.3, -0.25) is 0 Å². The minimum absolute atomic E-state index is 0.229. The van der Waals surface area contributed by atoms with E-state index in [1.165, 1.54) is 0 Å². The Morgan fingerprint density at radius 1 is 1.60 bits per heavy atom. The summed E-state index contributed by atoms with van der Waals surface area (Å²) in [6.07, 6.45) is 3.09. The normalized spacial score (nSPS) is 28.2. The maximum atomic E-state index is 5.59. The van der Waals surface area contributed by atoms with Gasteiger partial charge in [-0.15, -0.1) is 0 Å². The van der Waals surface area contributed by atoms with Gasteiger partial charge >= 0.3 is 0 Å². The standard InChI is InChI=1S/C11H16BrNO2/c1-7-8(3-5-14-7)10(13-2)11-9(12)4-6-15-11/h4,6-8,10,13H,3,5H2,1-2H3. The number of hydrogen-bond donors (Lipinski definition) is 1. The van der Waals surface area contributed by atoms with Gasteiger partial charge in [0, 0.05) is 12.5 Å². The summed E-state index contributed by atoms with van der Waals surface area (Å²) in [4.78, 5) is 0. The predicted octanol–water partition coefficient (Wildman–Crippen LogP) is 2.73. The molecule has 1 saturated heterocycles. The zero-order valence-electron chi connectivity index (χ0n) is 9.00. The highest BCUT2D eigenvalue weighted by molar-refractivity contribution is 9.10. The van der Waals surface area contributed by atoms with Gasteiger partial charge in [-0.2, -0.15) is 0 Å². The fourth-order valence-electron chi connectivity index (χ4n) is 2.25. The monoisotopic (exact) mass is 273 g/mol. The number of rotatable bonds is 3. The van der Waals surface area contributed by atoms with Crippen LogP contribution in [-0.2, 0) is 4.74 Å². The van der Waals surface area contributed by atoms with Gasteiger partial charge in [0.15, 0.2) is 0 Å². The second kappa shape index (κ2) is 4.68. The third-order valence-electron chi connectivity index (χ3n) is 3.10. The van der Waals surface area contributed by atoms with E-state index in [0.717, 1.165) is 23.3 Å². The largest absolute Gasteiger partial charge is 0.466 e. The van der Waals surface area contributed by atoms with Crippen LogP contribution in [0.25, 0.3) is 0 Å². The molecular formula is C11H16BrNO2. The molecule has 1 aliphatic rings. The van der Waals surface area contributed by atoms with Gasteiger partial charge in [0.05, 0.1) is 22.9 Å². The average molecular weight is 274 g/mol. The molecule has 15 heavy (non-hydrogen) atoms. The Morgan fingerprint density at radius 2 is 2.40 bits per heavy atom. The van der Waals surface area contributed by atoms with Crippen LogP contribution in [0.5, 0.6) is 0 Å². The Balaban J connectivity index is 2.20. The van der Waals surface area contributed by atoms with Gasteiger partial charge in [-0.1, -0.05) is 0 Å². The van der Waals surface area contributed by atoms with Gasteiger partial charge in [-0.05, 0) is 42.4 Å². The van der Waals surface area contributed by atoms with E-state index < -0.39 is 0 Å². The van der Waals surface area contributed by atoms with Crippen LogP contribution in [-0.4, -0.2) is 19.8 Å². The van der Waals surface area contributed by atoms with Gasteiger partial charge in [0.1, 0.15) is 5.76 Å². The van der Waals surface area contributed by atoms with E-state index in [2.05, 4.69) is 28.2 Å². The molecule has 0 aliphatic carbocycles. The van der Waals surface area contributed by atoms with Crippen LogP contribution in [0.1, 0.15) is 25.1 Å². The van der Waals surface area contributed by atoms with Crippen molar-refractivity contribution in [3.05, 3.63) is 22.6 Å². The molecule has 3 atom stereocenters. The molecule has 0 radical (unpaired) electrons. The highest BCUT2D eigenvalue weighted by Gasteiger charge is 2.34. The number of nitrogens with one attached hydrogen (secondary N) is 1. The molecule has 4 heteroatoms. The average Bonchev–Trinajstić information content (AvgIpc) is 2.80. The Labute approximate surface area is 98.3 Å². The lowest BCUT2D eigenvalue weighted by atomic mass is 9.92. The maximum absolute atomic E-state index is 5.59. The van der Waals surface area contributed by atoms with Crippen molar-refractivity contribution < 1.29 is 9.15 Å². The summed E-state index contributed by atoms with van der Waals surface area (Å²) in [7, 11) is 1.96. The summed E-state index contributed by atoms with van der Waals surface area (Å²) in [6, 6.07) is 2.16. The molecular weight excluding hydrogens is 258 g/mol. The van der Waals surface area contributed by atoms with Gasteiger partial charge in [0.2, 0.25) is 0 Å². The van der Waals surface area contributed by atoms with E-state index in [-0.39, 0.29) is 6.04 Å². The van der Waals surface area contributed by atoms with Crippen molar-refractivity contribution in [2.75, 3.05) is 13.7 Å². The minimum Gasteiger partial charge on any atom is -0.466 e. The first-order valence-electron chi connectivity index (χ1n) is 5.25. The molecule has 1 N–H and O–H groups in total. The van der Waals surface area contributed by atoms with Gasteiger partial charge in [-0.25, -0.2) is 0 Å². The number of hydrogen-bond acceptors (Lipinski definition) is 3. The lowest BCUT2D eigenvalue weighted by Crippen LogP contribution is -2.29. The van der Waals surface area contributed by atoms with Crippen molar-refractivity contribution >= 4 is 15.9 Å². The molecule has 1 aliphatic heterocycles. The molecule has 1 fully saturated rings. The molecule has 2 heterocycles. The van der Waals surface area contributed by atoms with Crippen LogP contribution in [0.4, 0.5) is 0 Å². The van der Waals surface area contributed by atoms with E-state index in [0.29, 0.717) is 12.0 Å². The first-order chi connectivity index (χ1) is 7.24. The summed E-state index contributed by atoms with van der Waals surface area (Å²) in [5.41, 5.74) is 0. The summed E-state index contributed by atoms with van der Waals surface area (Å²) in [5.74, 6) is 1.46. The molecule has 0 bridgehead atoms. The number of ether oxygens (including phenoxy) is 1. The molecule has 84 valence electrons. The third-order valence-corrected chi connectivity index (χ3v) is 3.76. The third kappa shape index (κ3) is 2.12. The molecule has 1 aromatic rings. The van der Waals surface area contributed by atoms with Crippen LogP contribution in [0.2, 0.25) is 0 Å². The summed E-state index contributed by atoms with van der Waals surface area (Å²) in [6.45, 7) is 2.97. The summed E-state index contributed by atoms with van der Waals surface area (Å²) >= 11 is 3.50. The molecule has 0 amide bonds. The Morgan fingerprint density at radius 3 is 2.87 bits per heavy atom. The van der Waals surface area contributed by atoms with Gasteiger partial charge in [0.25, 0.3) is 0 Å². The van der Waals surface area contributed by atoms with E-state index >= 15 is 0 Å². The molecule has 3 nitrogen and oxygen atoms in total. The fourth-order valence-corrected chi connectivity index (χ4v) is 2.70. The second-order valence-electron chi connectivity index (χ2n) is 3.93. The Kier molecular flexibility index (Phi) is 3.49. The smallest absolute Gasteiger partial charge is 0.135 e. The van der Waals surface area contributed by atoms with Crippen LogP contribution < -0.4 is 5.32 Å². The first-order valence-corrected chi connectivity index (χ1v) is 6.05. The number of halogens is 1. The molecule has 0 aromatic carbocycles. The zero-order valence-corrected chi connectivity index (χ0v) is 10.6. The Bertz CT molecular complexity index is 326. The molecule has 0 saturated carbocycles. The predicted molar refractivity (Wildman–Crippen MR) is 61.7 cm³/mol. The fraction of sp³-hybridized carbons (Fsp3) is 0.636. The van der Waals surface area contributed by atoms with Crippen LogP contribution >= 0.6 is 15.9 Å². The summed E-state index contributed by atoms with van der Waals surface area (Å²) < 4.78 is 12.1. The van der Waals surface area contributed by atoms with Crippen molar-refractivity contribution in [1.82, 2.24) is 5.32 Å². The molecule has 2 rings (SSSR count). The first kappa shape index (κ1) is 11.2. The van der Waals surface area contributed by atoms with E-state index in [4.69, 9.17) is 9.15 Å².